The van der Waals surface area contributed by atoms with E-state index in [1.165, 1.54) is 23.1 Å². The molecule has 0 amide bonds. The normalized spacial score (nSPS) is 10.6. The van der Waals surface area contributed by atoms with Gasteiger partial charge in [-0.15, -0.1) is 0 Å². The first kappa shape index (κ1) is 23.8. The SMILES string of the molecule is CCn1nc(-c2ccsc2)c(C(=O)OCc2ccc(C(=O)OC)cc2)c(Nc2cccnc2)c1=O. The van der Waals surface area contributed by atoms with Crippen LogP contribution in [0.1, 0.15) is 33.2 Å². The Kier molecular flexibility index (Phi) is 7.32. The molecule has 4 aromatic rings. The lowest BCUT2D eigenvalue weighted by Gasteiger charge is -2.16. The van der Waals surface area contributed by atoms with E-state index in [0.29, 0.717) is 34.6 Å². The van der Waals surface area contributed by atoms with Crippen LogP contribution in [0.15, 0.2) is 70.4 Å². The Hall–Kier alpha value is -4.31. The van der Waals surface area contributed by atoms with Crippen LogP contribution in [0.25, 0.3) is 11.3 Å². The minimum Gasteiger partial charge on any atom is -0.465 e. The number of nitrogens with one attached hydrogen (secondary N) is 1. The number of pyridine rings is 1. The van der Waals surface area contributed by atoms with Gasteiger partial charge in [-0.1, -0.05) is 12.1 Å². The fourth-order valence-corrected chi connectivity index (χ4v) is 4.00. The minimum atomic E-state index is -0.706. The van der Waals surface area contributed by atoms with Crippen LogP contribution in [0.3, 0.4) is 0 Å². The van der Waals surface area contributed by atoms with Crippen LogP contribution in [0.4, 0.5) is 11.4 Å². The molecule has 0 aliphatic carbocycles. The van der Waals surface area contributed by atoms with E-state index in [2.05, 4.69) is 15.4 Å². The van der Waals surface area contributed by atoms with Crippen LogP contribution in [-0.4, -0.2) is 33.8 Å². The summed E-state index contributed by atoms with van der Waals surface area (Å²) >= 11 is 1.45. The maximum atomic E-state index is 13.4. The molecule has 0 saturated heterocycles. The lowest BCUT2D eigenvalue weighted by atomic mass is 10.1. The maximum Gasteiger partial charge on any atom is 0.343 e. The van der Waals surface area contributed by atoms with Crippen molar-refractivity contribution in [3.05, 3.63) is 92.7 Å². The molecule has 0 bridgehead atoms. The summed E-state index contributed by atoms with van der Waals surface area (Å²) in [7, 11) is 1.31. The summed E-state index contributed by atoms with van der Waals surface area (Å²) in [5.41, 5.74) is 2.27. The third kappa shape index (κ3) is 5.28. The number of methoxy groups -OCH3 is 1. The molecule has 3 aromatic heterocycles. The van der Waals surface area contributed by atoms with Gasteiger partial charge < -0.3 is 14.8 Å². The van der Waals surface area contributed by atoms with E-state index in [4.69, 9.17) is 9.47 Å². The first-order valence-electron chi connectivity index (χ1n) is 10.7. The molecule has 0 unspecified atom stereocenters. The van der Waals surface area contributed by atoms with Crippen molar-refractivity contribution in [1.82, 2.24) is 14.8 Å². The van der Waals surface area contributed by atoms with Gasteiger partial charge in [0, 0.05) is 23.7 Å². The number of ether oxygens (including phenoxy) is 2. The number of hydrogen-bond acceptors (Lipinski definition) is 9. The van der Waals surface area contributed by atoms with Crippen LogP contribution in [-0.2, 0) is 22.6 Å². The molecule has 4 rings (SSSR count). The monoisotopic (exact) mass is 490 g/mol. The molecule has 1 aromatic carbocycles. The number of aromatic nitrogens is 3. The molecule has 0 radical (unpaired) electrons. The number of rotatable bonds is 8. The summed E-state index contributed by atoms with van der Waals surface area (Å²) in [5, 5.41) is 11.2. The molecule has 0 aliphatic rings. The van der Waals surface area contributed by atoms with Gasteiger partial charge in [0.15, 0.2) is 0 Å². The number of carbonyl (C=O) groups is 2. The Balaban J connectivity index is 1.72. The molecule has 178 valence electrons. The Bertz CT molecular complexity index is 1380. The molecule has 0 aliphatic heterocycles. The molecule has 3 heterocycles. The lowest BCUT2D eigenvalue weighted by Crippen LogP contribution is -2.29. The van der Waals surface area contributed by atoms with Crippen molar-refractivity contribution in [1.29, 1.82) is 0 Å². The van der Waals surface area contributed by atoms with Gasteiger partial charge in [-0.3, -0.25) is 9.78 Å². The van der Waals surface area contributed by atoms with Crippen molar-refractivity contribution >= 4 is 34.7 Å². The standard InChI is InChI=1S/C25H22N4O5S/c1-3-29-23(30)22(27-19-5-4-11-26-13-19)20(21(28-29)18-10-12-35-15-18)25(32)34-14-16-6-8-17(9-7-16)24(31)33-2/h4-13,15,27H,3,14H2,1-2H3. The number of thiophene rings is 1. The molecular weight excluding hydrogens is 468 g/mol. The van der Waals surface area contributed by atoms with Gasteiger partial charge in [0.2, 0.25) is 0 Å². The van der Waals surface area contributed by atoms with Crippen LogP contribution >= 0.6 is 11.3 Å². The highest BCUT2D eigenvalue weighted by atomic mass is 32.1. The van der Waals surface area contributed by atoms with Gasteiger partial charge in [0.1, 0.15) is 23.6 Å². The van der Waals surface area contributed by atoms with Crippen LogP contribution in [0.5, 0.6) is 0 Å². The number of aryl methyl sites for hydroxylation is 1. The summed E-state index contributed by atoms with van der Waals surface area (Å²) in [6, 6.07) is 11.8. The first-order valence-corrected chi connectivity index (χ1v) is 11.6. The average molecular weight is 491 g/mol. The number of anilines is 2. The van der Waals surface area contributed by atoms with E-state index >= 15 is 0 Å². The van der Waals surface area contributed by atoms with Gasteiger partial charge >= 0.3 is 11.9 Å². The molecule has 0 saturated carbocycles. The van der Waals surface area contributed by atoms with E-state index in [-0.39, 0.29) is 17.9 Å². The fraction of sp³-hybridized carbons (Fsp3) is 0.160. The smallest absolute Gasteiger partial charge is 0.343 e. The molecule has 0 atom stereocenters. The average Bonchev–Trinajstić information content (AvgIpc) is 3.43. The second-order valence-corrected chi connectivity index (χ2v) is 8.14. The molecular formula is C25H22N4O5S. The molecule has 35 heavy (non-hydrogen) atoms. The number of esters is 2. The summed E-state index contributed by atoms with van der Waals surface area (Å²) in [6.07, 6.45) is 3.16. The van der Waals surface area contributed by atoms with Crippen LogP contribution in [0, 0.1) is 0 Å². The Morgan fingerprint density at radius 1 is 1.11 bits per heavy atom. The van der Waals surface area contributed by atoms with Crippen LogP contribution in [0.2, 0.25) is 0 Å². The van der Waals surface area contributed by atoms with E-state index in [1.807, 2.05) is 16.8 Å². The predicted octanol–water partition coefficient (Wildman–Crippen LogP) is 4.27. The van der Waals surface area contributed by atoms with E-state index in [9.17, 15) is 14.4 Å². The van der Waals surface area contributed by atoms with Gasteiger partial charge in [-0.25, -0.2) is 14.3 Å². The fourth-order valence-electron chi connectivity index (χ4n) is 3.36. The van der Waals surface area contributed by atoms with Crippen molar-refractivity contribution < 1.29 is 19.1 Å². The Morgan fingerprint density at radius 3 is 2.54 bits per heavy atom. The molecule has 10 heteroatoms. The van der Waals surface area contributed by atoms with Gasteiger partial charge in [0.05, 0.1) is 24.6 Å². The maximum absolute atomic E-state index is 13.4. The highest BCUT2D eigenvalue weighted by Crippen LogP contribution is 2.29. The van der Waals surface area contributed by atoms with Crippen molar-refractivity contribution in [2.75, 3.05) is 12.4 Å². The zero-order valence-corrected chi connectivity index (χ0v) is 19.9. The van der Waals surface area contributed by atoms with E-state index in [0.717, 1.165) is 0 Å². The summed E-state index contributed by atoms with van der Waals surface area (Å²) in [4.78, 5) is 42.3. The predicted molar refractivity (Wildman–Crippen MR) is 132 cm³/mol. The van der Waals surface area contributed by atoms with Gasteiger partial charge in [-0.2, -0.15) is 16.4 Å². The third-order valence-corrected chi connectivity index (χ3v) is 5.81. The molecule has 0 spiro atoms. The summed E-state index contributed by atoms with van der Waals surface area (Å²) < 4.78 is 11.6. The zero-order valence-electron chi connectivity index (χ0n) is 19.1. The summed E-state index contributed by atoms with van der Waals surface area (Å²) in [6.45, 7) is 2.06. The highest BCUT2D eigenvalue weighted by Gasteiger charge is 2.26. The number of carbonyl (C=O) groups excluding carboxylic acids is 2. The Labute approximate surface area is 205 Å². The van der Waals surface area contributed by atoms with Crippen molar-refractivity contribution in [3.8, 4) is 11.3 Å². The highest BCUT2D eigenvalue weighted by molar-refractivity contribution is 7.08. The van der Waals surface area contributed by atoms with Crippen molar-refractivity contribution in [3.63, 3.8) is 0 Å². The minimum absolute atomic E-state index is 0.0353. The topological polar surface area (TPSA) is 112 Å². The van der Waals surface area contributed by atoms with Gasteiger partial charge in [0.25, 0.3) is 5.56 Å². The van der Waals surface area contributed by atoms with E-state index < -0.39 is 17.5 Å². The number of hydrogen-bond donors (Lipinski definition) is 1. The lowest BCUT2D eigenvalue weighted by molar-refractivity contribution is 0.0472. The molecule has 0 fully saturated rings. The number of benzene rings is 1. The quantitative estimate of drug-likeness (QED) is 0.364. The largest absolute Gasteiger partial charge is 0.465 e. The first-order chi connectivity index (χ1) is 17.0. The van der Waals surface area contributed by atoms with Crippen molar-refractivity contribution in [2.24, 2.45) is 0 Å². The van der Waals surface area contributed by atoms with E-state index in [1.54, 1.807) is 55.7 Å². The number of nitrogens with zero attached hydrogens (tertiary/aromatic N) is 3. The molecule has 9 nitrogen and oxygen atoms in total. The van der Waals surface area contributed by atoms with Crippen LogP contribution < -0.4 is 10.9 Å². The second kappa shape index (κ2) is 10.7. The zero-order chi connectivity index (χ0) is 24.8. The molecule has 1 N–H and O–H groups in total. The van der Waals surface area contributed by atoms with Crippen molar-refractivity contribution in [2.45, 2.75) is 20.1 Å². The van der Waals surface area contributed by atoms with Gasteiger partial charge in [-0.05, 0) is 48.2 Å². The Morgan fingerprint density at radius 2 is 1.91 bits per heavy atom. The second-order valence-electron chi connectivity index (χ2n) is 7.36. The summed E-state index contributed by atoms with van der Waals surface area (Å²) in [5.74, 6) is -1.16. The third-order valence-electron chi connectivity index (χ3n) is 5.13.